The average Bonchev–Trinajstić information content (AvgIpc) is 3.23. The molecule has 1 aliphatic carbocycles. The number of nitro benzene ring substituents is 1. The van der Waals surface area contributed by atoms with Gasteiger partial charge in [-0.25, -0.2) is 0 Å². The average molecular weight is 390 g/mol. The van der Waals surface area contributed by atoms with Gasteiger partial charge < -0.3 is 10.6 Å². The molecule has 0 aliphatic heterocycles. The molecule has 0 radical (unpaired) electrons. The van der Waals surface area contributed by atoms with Crippen LogP contribution in [0.15, 0.2) is 29.3 Å². The Labute approximate surface area is 135 Å². The van der Waals surface area contributed by atoms with Crippen LogP contribution in [0, 0.1) is 16.0 Å². The summed E-state index contributed by atoms with van der Waals surface area (Å²) >= 11 is 0. The molecular formula is C13H19IN4O2. The van der Waals surface area contributed by atoms with E-state index in [4.69, 9.17) is 0 Å². The van der Waals surface area contributed by atoms with Gasteiger partial charge in [0, 0.05) is 31.8 Å². The van der Waals surface area contributed by atoms with E-state index in [1.54, 1.807) is 25.2 Å². The van der Waals surface area contributed by atoms with Crippen LogP contribution in [0.3, 0.4) is 0 Å². The number of halogens is 1. The van der Waals surface area contributed by atoms with Crippen molar-refractivity contribution >= 4 is 35.6 Å². The second-order valence-corrected chi connectivity index (χ2v) is 4.64. The minimum Gasteiger partial charge on any atom is -0.356 e. The molecule has 0 aromatic heterocycles. The second kappa shape index (κ2) is 8.03. The summed E-state index contributed by atoms with van der Waals surface area (Å²) in [5, 5.41) is 17.2. The number of nitro groups is 1. The van der Waals surface area contributed by atoms with Crippen LogP contribution in [0.1, 0.15) is 18.4 Å². The zero-order valence-corrected chi connectivity index (χ0v) is 13.7. The number of rotatable bonds is 5. The number of guanidine groups is 1. The Balaban J connectivity index is 0.00000200. The number of para-hydroxylation sites is 1. The third-order valence-corrected chi connectivity index (χ3v) is 3.11. The third kappa shape index (κ3) is 4.95. The Morgan fingerprint density at radius 1 is 1.40 bits per heavy atom. The molecule has 110 valence electrons. The Hall–Kier alpha value is -1.38. The van der Waals surface area contributed by atoms with Crippen molar-refractivity contribution in [1.82, 2.24) is 10.6 Å². The summed E-state index contributed by atoms with van der Waals surface area (Å²) in [5.41, 5.74) is 0.787. The number of hydrogen-bond acceptors (Lipinski definition) is 3. The molecule has 0 atom stereocenters. The lowest BCUT2D eigenvalue weighted by Crippen LogP contribution is -2.37. The normalized spacial score (nSPS) is 14.3. The predicted molar refractivity (Wildman–Crippen MR) is 89.4 cm³/mol. The third-order valence-electron chi connectivity index (χ3n) is 3.11. The number of hydrogen-bond donors (Lipinski definition) is 2. The molecule has 0 saturated heterocycles. The van der Waals surface area contributed by atoms with Gasteiger partial charge in [0.25, 0.3) is 5.69 Å². The van der Waals surface area contributed by atoms with Crippen LogP contribution < -0.4 is 10.6 Å². The zero-order chi connectivity index (χ0) is 13.7. The first kappa shape index (κ1) is 16.7. The van der Waals surface area contributed by atoms with Gasteiger partial charge in [-0.3, -0.25) is 15.1 Å². The van der Waals surface area contributed by atoms with E-state index < -0.39 is 0 Å². The maximum absolute atomic E-state index is 10.9. The lowest BCUT2D eigenvalue weighted by Gasteiger charge is -2.11. The van der Waals surface area contributed by atoms with Crippen molar-refractivity contribution in [1.29, 1.82) is 0 Å². The highest BCUT2D eigenvalue weighted by molar-refractivity contribution is 14.0. The fourth-order valence-electron chi connectivity index (χ4n) is 1.80. The van der Waals surface area contributed by atoms with E-state index in [2.05, 4.69) is 15.6 Å². The first-order valence-electron chi connectivity index (χ1n) is 6.37. The maximum Gasteiger partial charge on any atom is 0.274 e. The van der Waals surface area contributed by atoms with Gasteiger partial charge in [-0.15, -0.1) is 24.0 Å². The van der Waals surface area contributed by atoms with Gasteiger partial charge in [-0.2, -0.15) is 0 Å². The first-order chi connectivity index (χ1) is 9.20. The zero-order valence-electron chi connectivity index (χ0n) is 11.3. The minimum absolute atomic E-state index is 0. The summed E-state index contributed by atoms with van der Waals surface area (Å²) in [7, 11) is 1.70. The molecule has 0 amide bonds. The molecule has 0 heterocycles. The van der Waals surface area contributed by atoms with Crippen molar-refractivity contribution in [2.75, 3.05) is 13.6 Å². The van der Waals surface area contributed by atoms with Crippen molar-refractivity contribution < 1.29 is 4.92 Å². The number of aliphatic imine (C=N–C) groups is 1. The van der Waals surface area contributed by atoms with Crippen LogP contribution >= 0.6 is 24.0 Å². The van der Waals surface area contributed by atoms with Crippen molar-refractivity contribution in [3.63, 3.8) is 0 Å². The highest BCUT2D eigenvalue weighted by atomic mass is 127. The Bertz CT molecular complexity index is 489. The molecule has 1 saturated carbocycles. The van der Waals surface area contributed by atoms with Gasteiger partial charge in [-0.05, 0) is 18.8 Å². The fraction of sp³-hybridized carbons (Fsp3) is 0.462. The summed E-state index contributed by atoms with van der Waals surface area (Å²) in [6.07, 6.45) is 2.54. The van der Waals surface area contributed by atoms with Crippen LogP contribution in [-0.2, 0) is 6.54 Å². The van der Waals surface area contributed by atoms with Gasteiger partial charge in [0.1, 0.15) is 0 Å². The molecule has 1 aliphatic rings. The molecule has 1 aromatic carbocycles. The van der Waals surface area contributed by atoms with Gasteiger partial charge in [0.05, 0.1) is 4.92 Å². The molecule has 7 heteroatoms. The summed E-state index contributed by atoms with van der Waals surface area (Å²) in [4.78, 5) is 14.6. The maximum atomic E-state index is 10.9. The Morgan fingerprint density at radius 2 is 2.10 bits per heavy atom. The molecule has 0 spiro atoms. The predicted octanol–water partition coefficient (Wildman–Crippen LogP) is 2.29. The minimum atomic E-state index is -0.364. The van der Waals surface area contributed by atoms with Crippen molar-refractivity contribution in [3.8, 4) is 0 Å². The van der Waals surface area contributed by atoms with Gasteiger partial charge in [0.15, 0.2) is 5.96 Å². The monoisotopic (exact) mass is 390 g/mol. The lowest BCUT2D eigenvalue weighted by molar-refractivity contribution is -0.385. The highest BCUT2D eigenvalue weighted by Crippen LogP contribution is 2.27. The molecule has 0 unspecified atom stereocenters. The molecule has 0 bridgehead atoms. The van der Waals surface area contributed by atoms with E-state index in [0.29, 0.717) is 18.1 Å². The second-order valence-electron chi connectivity index (χ2n) is 4.64. The highest BCUT2D eigenvalue weighted by Gasteiger charge is 2.21. The number of benzene rings is 1. The van der Waals surface area contributed by atoms with Gasteiger partial charge >= 0.3 is 0 Å². The summed E-state index contributed by atoms with van der Waals surface area (Å²) in [6.45, 7) is 1.30. The van der Waals surface area contributed by atoms with E-state index in [1.807, 2.05) is 0 Å². The van der Waals surface area contributed by atoms with E-state index in [-0.39, 0.29) is 34.6 Å². The largest absolute Gasteiger partial charge is 0.356 e. The van der Waals surface area contributed by atoms with E-state index in [1.165, 1.54) is 18.9 Å². The number of nitrogens with one attached hydrogen (secondary N) is 2. The van der Waals surface area contributed by atoms with Crippen LogP contribution in [0.4, 0.5) is 5.69 Å². The van der Waals surface area contributed by atoms with Crippen LogP contribution in [-0.4, -0.2) is 24.5 Å². The SMILES string of the molecule is CN=C(NCc1ccccc1[N+](=O)[O-])NCC1CC1.I. The molecule has 2 N–H and O–H groups in total. The van der Waals surface area contributed by atoms with Crippen LogP contribution in [0.2, 0.25) is 0 Å². The van der Waals surface area contributed by atoms with E-state index in [9.17, 15) is 10.1 Å². The first-order valence-corrected chi connectivity index (χ1v) is 6.37. The van der Waals surface area contributed by atoms with Crippen molar-refractivity contribution in [2.24, 2.45) is 10.9 Å². The summed E-state index contributed by atoms with van der Waals surface area (Å²) in [6, 6.07) is 6.73. The van der Waals surface area contributed by atoms with Gasteiger partial charge in [0.2, 0.25) is 0 Å². The topological polar surface area (TPSA) is 79.6 Å². The number of nitrogens with zero attached hydrogens (tertiary/aromatic N) is 2. The molecule has 1 fully saturated rings. The molecule has 20 heavy (non-hydrogen) atoms. The van der Waals surface area contributed by atoms with E-state index >= 15 is 0 Å². The Morgan fingerprint density at radius 3 is 2.70 bits per heavy atom. The Kier molecular flexibility index (Phi) is 6.69. The summed E-state index contributed by atoms with van der Waals surface area (Å²) in [5.74, 6) is 1.44. The quantitative estimate of drug-likeness (QED) is 0.266. The van der Waals surface area contributed by atoms with E-state index in [0.717, 1.165) is 12.5 Å². The molecular weight excluding hydrogens is 371 g/mol. The van der Waals surface area contributed by atoms with Crippen LogP contribution in [0.25, 0.3) is 0 Å². The molecule has 6 nitrogen and oxygen atoms in total. The molecule has 2 rings (SSSR count). The van der Waals surface area contributed by atoms with Crippen molar-refractivity contribution in [3.05, 3.63) is 39.9 Å². The smallest absolute Gasteiger partial charge is 0.274 e. The van der Waals surface area contributed by atoms with Crippen molar-refractivity contribution in [2.45, 2.75) is 19.4 Å². The fourth-order valence-corrected chi connectivity index (χ4v) is 1.80. The summed E-state index contributed by atoms with van der Waals surface area (Å²) < 4.78 is 0. The van der Waals surface area contributed by atoms with Gasteiger partial charge in [-0.1, -0.05) is 18.2 Å². The molecule has 1 aromatic rings. The lowest BCUT2D eigenvalue weighted by atomic mass is 10.2. The van der Waals surface area contributed by atoms with Crippen LogP contribution in [0.5, 0.6) is 0 Å². The standard InChI is InChI=1S/C13H18N4O2.HI/c1-14-13(15-8-10-6-7-10)16-9-11-4-2-3-5-12(11)17(18)19;/h2-5,10H,6-9H2,1H3,(H2,14,15,16);1H.